The smallest absolute Gasteiger partial charge is 0.248 e. The molecule has 0 radical (unpaired) electrons. The number of amides is 2. The number of rotatable bonds is 3. The minimum Gasteiger partial charge on any atom is -0.351 e. The molecule has 3 N–H and O–H groups in total. The summed E-state index contributed by atoms with van der Waals surface area (Å²) in [4.78, 5) is 24.2. The highest BCUT2D eigenvalue weighted by molar-refractivity contribution is 6.31. The molecule has 2 unspecified atom stereocenters. The monoisotopic (exact) mass is 338 g/mol. The number of hydrogen-bond donors (Lipinski definition) is 3. The summed E-state index contributed by atoms with van der Waals surface area (Å²) < 4.78 is 13.0. The molecular weight excluding hydrogens is 323 g/mol. The van der Waals surface area contributed by atoms with Gasteiger partial charge in [-0.1, -0.05) is 17.7 Å². The Kier molecular flexibility index (Phi) is 4.23. The van der Waals surface area contributed by atoms with Crippen molar-refractivity contribution in [2.75, 3.05) is 0 Å². The van der Waals surface area contributed by atoms with Crippen molar-refractivity contribution >= 4 is 23.4 Å². The van der Waals surface area contributed by atoms with Crippen LogP contribution in [0.3, 0.4) is 0 Å². The summed E-state index contributed by atoms with van der Waals surface area (Å²) in [5.74, 6) is -0.791. The van der Waals surface area contributed by atoms with Gasteiger partial charge in [0.1, 0.15) is 17.9 Å². The number of hydrazine groups is 1. The van der Waals surface area contributed by atoms with Gasteiger partial charge in [0, 0.05) is 29.9 Å². The van der Waals surface area contributed by atoms with E-state index in [4.69, 9.17) is 11.6 Å². The van der Waals surface area contributed by atoms with Gasteiger partial charge in [0.15, 0.2) is 0 Å². The normalized spacial score (nSPS) is 23.2. The lowest BCUT2D eigenvalue weighted by Gasteiger charge is -2.27. The number of halogens is 2. The fraction of sp³-hybridized carbons (Fsp3) is 0.333. The van der Waals surface area contributed by atoms with Crippen LogP contribution in [-0.2, 0) is 16.1 Å². The lowest BCUT2D eigenvalue weighted by atomic mass is 10.1. The van der Waals surface area contributed by atoms with E-state index in [1.165, 1.54) is 18.2 Å². The Labute approximate surface area is 137 Å². The third-order valence-electron chi connectivity index (χ3n) is 3.84. The second kappa shape index (κ2) is 6.17. The average molecular weight is 339 g/mol. The van der Waals surface area contributed by atoms with Crippen molar-refractivity contribution in [1.82, 2.24) is 21.1 Å². The van der Waals surface area contributed by atoms with Crippen LogP contribution in [-0.4, -0.2) is 28.9 Å². The summed E-state index contributed by atoms with van der Waals surface area (Å²) in [6, 6.07) is 3.12. The first-order valence-corrected chi connectivity index (χ1v) is 7.57. The second-order valence-corrected chi connectivity index (χ2v) is 6.00. The van der Waals surface area contributed by atoms with Crippen molar-refractivity contribution in [3.05, 3.63) is 46.5 Å². The van der Waals surface area contributed by atoms with Gasteiger partial charge in [-0.2, -0.15) is 0 Å². The van der Waals surface area contributed by atoms with Crippen LogP contribution < -0.4 is 16.1 Å². The van der Waals surface area contributed by atoms with Gasteiger partial charge in [0.2, 0.25) is 11.8 Å². The number of hydrogen-bond acceptors (Lipinski definition) is 4. The molecule has 122 valence electrons. The van der Waals surface area contributed by atoms with Gasteiger partial charge in [-0.3, -0.25) is 9.59 Å². The summed E-state index contributed by atoms with van der Waals surface area (Å²) in [7, 11) is 0. The van der Waals surface area contributed by atoms with Crippen molar-refractivity contribution in [2.24, 2.45) is 0 Å². The topological polar surface area (TPSA) is 73.5 Å². The van der Waals surface area contributed by atoms with E-state index in [1.54, 1.807) is 18.1 Å². The Morgan fingerprint density at radius 2 is 2.30 bits per heavy atom. The fourth-order valence-electron chi connectivity index (χ4n) is 2.67. The van der Waals surface area contributed by atoms with Gasteiger partial charge in [-0.05, 0) is 24.6 Å². The minimum atomic E-state index is -0.507. The molecule has 0 bridgehead atoms. The first-order valence-electron chi connectivity index (χ1n) is 7.19. The molecule has 1 aromatic rings. The third kappa shape index (κ3) is 3.30. The standard InChI is InChI=1S/C15H16ClFN4O2/c1-8-7-21-13(15(23)19-8)5-12(20-21)14(22)18-6-9-2-3-10(17)4-11(9)16/h2-4,7,12-13,20H,5-6H2,1H3,(H,18,22)(H,19,23). The Bertz CT molecular complexity index is 694. The lowest BCUT2D eigenvalue weighted by Crippen LogP contribution is -2.49. The van der Waals surface area contributed by atoms with Crippen molar-refractivity contribution in [3.63, 3.8) is 0 Å². The summed E-state index contributed by atoms with van der Waals surface area (Å²) in [6.07, 6.45) is 2.13. The number of benzene rings is 1. The highest BCUT2D eigenvalue weighted by atomic mass is 35.5. The number of fused-ring (bicyclic) bond motifs is 1. The fourth-order valence-corrected chi connectivity index (χ4v) is 2.91. The van der Waals surface area contributed by atoms with Crippen LogP contribution in [0.5, 0.6) is 0 Å². The van der Waals surface area contributed by atoms with Gasteiger partial charge < -0.3 is 15.6 Å². The molecule has 0 saturated carbocycles. The molecule has 2 atom stereocenters. The molecular formula is C15H16ClFN4O2. The molecule has 2 heterocycles. The minimum absolute atomic E-state index is 0.130. The van der Waals surface area contributed by atoms with Gasteiger partial charge in [0.25, 0.3) is 0 Å². The molecule has 1 aromatic carbocycles. The molecule has 6 nitrogen and oxygen atoms in total. The van der Waals surface area contributed by atoms with Gasteiger partial charge in [-0.15, -0.1) is 0 Å². The van der Waals surface area contributed by atoms with E-state index in [2.05, 4.69) is 16.1 Å². The van der Waals surface area contributed by atoms with E-state index in [9.17, 15) is 14.0 Å². The Morgan fingerprint density at radius 1 is 1.52 bits per heavy atom. The van der Waals surface area contributed by atoms with Crippen LogP contribution in [0, 0.1) is 5.82 Å². The van der Waals surface area contributed by atoms with Crippen molar-refractivity contribution < 1.29 is 14.0 Å². The van der Waals surface area contributed by atoms with Crippen LogP contribution in [0.2, 0.25) is 5.02 Å². The number of nitrogens with zero attached hydrogens (tertiary/aromatic N) is 1. The van der Waals surface area contributed by atoms with Crippen molar-refractivity contribution in [1.29, 1.82) is 0 Å². The Morgan fingerprint density at radius 3 is 3.04 bits per heavy atom. The highest BCUT2D eigenvalue weighted by Crippen LogP contribution is 2.20. The molecule has 2 amide bonds. The van der Waals surface area contributed by atoms with Crippen molar-refractivity contribution in [3.8, 4) is 0 Å². The second-order valence-electron chi connectivity index (χ2n) is 5.60. The lowest BCUT2D eigenvalue weighted by molar-refractivity contribution is -0.125. The molecule has 23 heavy (non-hydrogen) atoms. The van der Waals surface area contributed by atoms with E-state index in [1.807, 2.05) is 0 Å². The number of nitrogens with one attached hydrogen (secondary N) is 3. The van der Waals surface area contributed by atoms with E-state index < -0.39 is 17.9 Å². The molecule has 3 rings (SSSR count). The van der Waals surface area contributed by atoms with Gasteiger partial charge >= 0.3 is 0 Å². The average Bonchev–Trinajstić information content (AvgIpc) is 2.90. The predicted molar refractivity (Wildman–Crippen MR) is 82.3 cm³/mol. The molecule has 1 fully saturated rings. The molecule has 8 heteroatoms. The largest absolute Gasteiger partial charge is 0.351 e. The van der Waals surface area contributed by atoms with Crippen LogP contribution in [0.1, 0.15) is 18.9 Å². The third-order valence-corrected chi connectivity index (χ3v) is 4.19. The first-order chi connectivity index (χ1) is 10.9. The highest BCUT2D eigenvalue weighted by Gasteiger charge is 2.40. The molecule has 0 aromatic heterocycles. The Hall–Kier alpha value is -2.12. The van der Waals surface area contributed by atoms with E-state index in [0.717, 1.165) is 5.70 Å². The zero-order valence-electron chi connectivity index (χ0n) is 12.4. The van der Waals surface area contributed by atoms with E-state index in [-0.39, 0.29) is 23.4 Å². The van der Waals surface area contributed by atoms with Crippen LogP contribution in [0.4, 0.5) is 4.39 Å². The zero-order valence-corrected chi connectivity index (χ0v) is 13.2. The maximum Gasteiger partial charge on any atom is 0.248 e. The van der Waals surface area contributed by atoms with Crippen LogP contribution in [0.25, 0.3) is 0 Å². The van der Waals surface area contributed by atoms with Gasteiger partial charge in [0.05, 0.1) is 0 Å². The summed E-state index contributed by atoms with van der Waals surface area (Å²) in [5, 5.41) is 7.41. The number of carbonyl (C=O) groups is 2. The quantitative estimate of drug-likeness (QED) is 0.770. The first kappa shape index (κ1) is 15.8. The van der Waals surface area contributed by atoms with Gasteiger partial charge in [-0.25, -0.2) is 9.82 Å². The van der Waals surface area contributed by atoms with E-state index in [0.29, 0.717) is 12.0 Å². The summed E-state index contributed by atoms with van der Waals surface area (Å²) in [6.45, 7) is 1.97. The SMILES string of the molecule is CC1=CN2NC(C(=O)NCc3ccc(F)cc3Cl)CC2C(=O)N1. The summed E-state index contributed by atoms with van der Waals surface area (Å²) in [5.41, 5.74) is 4.36. The van der Waals surface area contributed by atoms with E-state index >= 15 is 0 Å². The molecule has 1 saturated heterocycles. The number of allylic oxidation sites excluding steroid dienone is 1. The molecule has 0 aliphatic carbocycles. The molecule has 0 spiro atoms. The maximum atomic E-state index is 13.0. The molecule has 2 aliphatic rings. The van der Waals surface area contributed by atoms with Crippen molar-refractivity contribution in [2.45, 2.75) is 32.0 Å². The Balaban J connectivity index is 1.60. The van der Waals surface area contributed by atoms with Crippen LogP contribution in [0.15, 0.2) is 30.1 Å². The maximum absolute atomic E-state index is 13.0. The zero-order chi connectivity index (χ0) is 16.6. The summed E-state index contributed by atoms with van der Waals surface area (Å²) >= 11 is 5.93. The molecule has 2 aliphatic heterocycles. The number of carbonyl (C=O) groups excluding carboxylic acids is 2. The van der Waals surface area contributed by atoms with Crippen LogP contribution >= 0.6 is 11.6 Å². The predicted octanol–water partition coefficient (Wildman–Crippen LogP) is 1.03.